The maximum atomic E-state index is 5.90. The van der Waals surface area contributed by atoms with Crippen LogP contribution in [-0.2, 0) is 0 Å². The van der Waals surface area contributed by atoms with Crippen LogP contribution in [0.25, 0.3) is 0 Å². The Hall–Kier alpha value is -2.86. The Morgan fingerprint density at radius 3 is 2.44 bits per heavy atom. The van der Waals surface area contributed by atoms with Crippen LogP contribution in [0, 0.1) is 0 Å². The summed E-state index contributed by atoms with van der Waals surface area (Å²) in [6, 6.07) is 19.8. The van der Waals surface area contributed by atoms with Gasteiger partial charge in [-0.3, -0.25) is 4.98 Å². The van der Waals surface area contributed by atoms with E-state index in [2.05, 4.69) is 88.5 Å². The van der Waals surface area contributed by atoms with Crippen LogP contribution in [-0.4, -0.2) is 28.8 Å². The Kier molecular flexibility index (Phi) is 5.87. The zero-order valence-corrected chi connectivity index (χ0v) is 19.6. The van der Waals surface area contributed by atoms with Crippen molar-refractivity contribution in [1.82, 2.24) is 14.9 Å². The maximum Gasteiger partial charge on any atom is 0.174 e. The summed E-state index contributed by atoms with van der Waals surface area (Å²) < 4.78 is 2.51. The van der Waals surface area contributed by atoms with Gasteiger partial charge in [0.25, 0.3) is 0 Å². The van der Waals surface area contributed by atoms with Crippen LogP contribution in [0.5, 0.6) is 0 Å². The van der Waals surface area contributed by atoms with Gasteiger partial charge in [-0.1, -0.05) is 25.3 Å². The van der Waals surface area contributed by atoms with E-state index in [1.54, 1.807) is 0 Å². The molecule has 2 fully saturated rings. The molecule has 3 heterocycles. The first-order valence-corrected chi connectivity index (χ1v) is 12.0. The topological polar surface area (TPSA) is 36.3 Å². The molecule has 5 rings (SSSR count). The summed E-state index contributed by atoms with van der Waals surface area (Å²) >= 11 is 5.90. The molecule has 1 aliphatic carbocycles. The monoisotopic (exact) mass is 445 g/mol. The molecule has 1 saturated carbocycles. The summed E-state index contributed by atoms with van der Waals surface area (Å²) in [7, 11) is 4.13. The molecule has 2 aliphatic rings. The molecule has 1 saturated heterocycles. The Morgan fingerprint density at radius 1 is 0.969 bits per heavy atom. The summed E-state index contributed by atoms with van der Waals surface area (Å²) in [4.78, 5) is 9.10. The van der Waals surface area contributed by atoms with Crippen molar-refractivity contribution in [3.8, 4) is 0 Å². The number of pyridine rings is 1. The highest BCUT2D eigenvalue weighted by molar-refractivity contribution is 7.80. The quantitative estimate of drug-likeness (QED) is 0.515. The number of thiocarbonyl (C=S) groups is 1. The van der Waals surface area contributed by atoms with E-state index in [0.29, 0.717) is 6.04 Å². The lowest BCUT2D eigenvalue weighted by atomic mass is 9.94. The lowest BCUT2D eigenvalue weighted by Gasteiger charge is -2.32. The first-order chi connectivity index (χ1) is 15.6. The minimum absolute atomic E-state index is 0.00512. The van der Waals surface area contributed by atoms with E-state index in [9.17, 15) is 0 Å². The van der Waals surface area contributed by atoms with Crippen LogP contribution < -0.4 is 15.1 Å². The van der Waals surface area contributed by atoms with Crippen molar-refractivity contribution in [3.05, 3.63) is 78.4 Å². The molecule has 2 atom stereocenters. The molecule has 3 aromatic rings. The summed E-state index contributed by atoms with van der Waals surface area (Å²) in [6.07, 6.45) is 10.6. The van der Waals surface area contributed by atoms with Crippen LogP contribution >= 0.6 is 12.2 Å². The van der Waals surface area contributed by atoms with Crippen molar-refractivity contribution >= 4 is 28.7 Å². The van der Waals surface area contributed by atoms with E-state index in [1.165, 1.54) is 43.5 Å². The van der Waals surface area contributed by atoms with Crippen LogP contribution in [0.2, 0.25) is 0 Å². The second kappa shape index (κ2) is 8.94. The van der Waals surface area contributed by atoms with Gasteiger partial charge in [0.05, 0.1) is 11.7 Å². The Labute approximate surface area is 196 Å². The molecule has 0 spiro atoms. The minimum atomic E-state index is -0.00512. The smallest absolute Gasteiger partial charge is 0.174 e. The van der Waals surface area contributed by atoms with Gasteiger partial charge in [-0.25, -0.2) is 0 Å². The first-order valence-electron chi connectivity index (χ1n) is 11.6. The second-order valence-electron chi connectivity index (χ2n) is 9.04. The van der Waals surface area contributed by atoms with E-state index in [0.717, 1.165) is 16.5 Å². The number of nitrogens with one attached hydrogen (secondary N) is 1. The number of hydrogen-bond acceptors (Lipinski definition) is 3. The summed E-state index contributed by atoms with van der Waals surface area (Å²) in [6.45, 7) is 0. The molecule has 166 valence electrons. The van der Waals surface area contributed by atoms with E-state index >= 15 is 0 Å². The van der Waals surface area contributed by atoms with Gasteiger partial charge >= 0.3 is 0 Å². The van der Waals surface area contributed by atoms with Gasteiger partial charge in [-0.2, -0.15) is 0 Å². The van der Waals surface area contributed by atoms with E-state index in [1.807, 2.05) is 12.3 Å². The average molecular weight is 446 g/mol. The van der Waals surface area contributed by atoms with E-state index in [-0.39, 0.29) is 12.1 Å². The average Bonchev–Trinajstić information content (AvgIpc) is 3.44. The van der Waals surface area contributed by atoms with Gasteiger partial charge in [0.2, 0.25) is 0 Å². The minimum Gasteiger partial charge on any atom is -0.378 e. The molecule has 0 amide bonds. The van der Waals surface area contributed by atoms with Gasteiger partial charge in [0, 0.05) is 49.6 Å². The predicted molar refractivity (Wildman–Crippen MR) is 135 cm³/mol. The van der Waals surface area contributed by atoms with Crippen molar-refractivity contribution in [3.63, 3.8) is 0 Å². The van der Waals surface area contributed by atoms with Crippen LogP contribution in [0.4, 0.5) is 11.4 Å². The van der Waals surface area contributed by atoms with E-state index < -0.39 is 0 Å². The van der Waals surface area contributed by atoms with Crippen molar-refractivity contribution in [1.29, 1.82) is 0 Å². The van der Waals surface area contributed by atoms with Crippen LogP contribution in [0.15, 0.2) is 67.0 Å². The van der Waals surface area contributed by atoms with Gasteiger partial charge in [0.15, 0.2) is 5.11 Å². The zero-order valence-electron chi connectivity index (χ0n) is 18.8. The largest absolute Gasteiger partial charge is 0.378 e. The molecule has 0 bridgehead atoms. The summed E-state index contributed by atoms with van der Waals surface area (Å²) in [5.74, 6) is 0. The second-order valence-corrected chi connectivity index (χ2v) is 9.43. The normalized spacial score (nSPS) is 21.6. The molecule has 0 unspecified atom stereocenters. The zero-order chi connectivity index (χ0) is 22.1. The molecule has 1 aliphatic heterocycles. The number of aromatic nitrogens is 2. The summed E-state index contributed by atoms with van der Waals surface area (Å²) in [5.41, 5.74) is 4.60. The van der Waals surface area contributed by atoms with Crippen LogP contribution in [0.3, 0.4) is 0 Å². The number of nitrogens with zero attached hydrogens (tertiary/aromatic N) is 4. The Bertz CT molecular complexity index is 1050. The molecule has 5 nitrogen and oxygen atoms in total. The van der Waals surface area contributed by atoms with Crippen molar-refractivity contribution in [2.24, 2.45) is 0 Å². The highest BCUT2D eigenvalue weighted by Gasteiger charge is 2.42. The summed E-state index contributed by atoms with van der Waals surface area (Å²) in [5, 5.41) is 4.35. The fourth-order valence-corrected chi connectivity index (χ4v) is 5.54. The van der Waals surface area contributed by atoms with Crippen molar-refractivity contribution < 1.29 is 0 Å². The maximum absolute atomic E-state index is 5.90. The fourth-order valence-electron chi connectivity index (χ4n) is 5.19. The molecular weight excluding hydrogens is 414 g/mol. The molecule has 1 N–H and O–H groups in total. The highest BCUT2D eigenvalue weighted by atomic mass is 32.1. The lowest BCUT2D eigenvalue weighted by molar-refractivity contribution is 0.340. The molecule has 1 aromatic carbocycles. The third-order valence-corrected chi connectivity index (χ3v) is 7.14. The van der Waals surface area contributed by atoms with Gasteiger partial charge in [-0.15, -0.1) is 0 Å². The van der Waals surface area contributed by atoms with Crippen molar-refractivity contribution in [2.45, 2.75) is 50.2 Å². The lowest BCUT2D eigenvalue weighted by Crippen LogP contribution is -2.31. The van der Waals surface area contributed by atoms with E-state index in [4.69, 9.17) is 17.2 Å². The highest BCUT2D eigenvalue weighted by Crippen LogP contribution is 2.43. The molecule has 2 aromatic heterocycles. The van der Waals surface area contributed by atoms with Crippen LogP contribution in [0.1, 0.15) is 61.6 Å². The van der Waals surface area contributed by atoms with Gasteiger partial charge < -0.3 is 19.7 Å². The van der Waals surface area contributed by atoms with Gasteiger partial charge in [0.1, 0.15) is 6.04 Å². The predicted octanol–water partition coefficient (Wildman–Crippen LogP) is 5.63. The molecule has 0 radical (unpaired) electrons. The Balaban J connectivity index is 1.58. The third-order valence-electron chi connectivity index (χ3n) is 6.83. The number of rotatable bonds is 5. The molecule has 32 heavy (non-hydrogen) atoms. The number of hydrogen-bond donors (Lipinski definition) is 1. The molecular formula is C26H31N5S. The third kappa shape index (κ3) is 3.88. The fraction of sp³-hybridized carbons (Fsp3) is 0.385. The Morgan fingerprint density at radius 2 is 1.75 bits per heavy atom. The number of anilines is 2. The first kappa shape index (κ1) is 21.0. The van der Waals surface area contributed by atoms with Crippen molar-refractivity contribution in [2.75, 3.05) is 23.9 Å². The SMILES string of the molecule is CN(C)c1ccc(N2C(=S)N[C@H](c3ccccn3)[C@H]2c2cccn2C2CCCCC2)cc1. The number of benzene rings is 1. The van der Waals surface area contributed by atoms with Gasteiger partial charge in [-0.05, 0) is 73.6 Å². The standard InChI is InChI=1S/C26H31N5S/c1-29(2)19-13-15-21(16-14-19)31-25(24(28-26(31)32)22-11-6-7-17-27-22)23-12-8-18-30(23)20-9-4-3-5-10-20/h6-8,11-18,20,24-25H,3-5,9-10H2,1-2H3,(H,28,32)/t24-,25-/m1/s1. The molecule has 6 heteroatoms.